The van der Waals surface area contributed by atoms with E-state index in [0.717, 1.165) is 25.1 Å². The van der Waals surface area contributed by atoms with Gasteiger partial charge in [-0.2, -0.15) is 0 Å². The second kappa shape index (κ2) is 7.77. The summed E-state index contributed by atoms with van der Waals surface area (Å²) in [6.07, 6.45) is -2.28. The van der Waals surface area contributed by atoms with Crippen LogP contribution < -0.4 is 14.8 Å². The third kappa shape index (κ3) is 5.22. The van der Waals surface area contributed by atoms with Gasteiger partial charge in [0.1, 0.15) is 17.9 Å². The maximum atomic E-state index is 12.2. The first-order valence-electron chi connectivity index (χ1n) is 8.11. The Labute approximate surface area is 149 Å². The molecule has 2 aromatic rings. The molecule has 140 valence electrons. The van der Waals surface area contributed by atoms with Crippen molar-refractivity contribution in [2.75, 3.05) is 25.5 Å². The summed E-state index contributed by atoms with van der Waals surface area (Å²) >= 11 is 0. The maximum absolute atomic E-state index is 12.2. The molecule has 1 unspecified atom stereocenters. The van der Waals surface area contributed by atoms with Crippen LogP contribution in [0, 0.1) is 0 Å². The predicted octanol–water partition coefficient (Wildman–Crippen LogP) is 3.07. The fraction of sp³-hybridized carbons (Fsp3) is 0.412. The molecule has 1 aliphatic rings. The number of anilines is 1. The average Bonchev–Trinajstić information content (AvgIpc) is 3.02. The third-order valence-electron chi connectivity index (χ3n) is 4.04. The summed E-state index contributed by atoms with van der Waals surface area (Å²) in [6, 6.07) is 7.95. The molecule has 0 amide bonds. The monoisotopic (exact) mass is 368 g/mol. The molecule has 3 rings (SSSR count). The third-order valence-corrected chi connectivity index (χ3v) is 4.04. The van der Waals surface area contributed by atoms with Crippen molar-refractivity contribution in [3.05, 3.63) is 42.2 Å². The van der Waals surface area contributed by atoms with E-state index in [9.17, 15) is 13.2 Å². The van der Waals surface area contributed by atoms with E-state index in [4.69, 9.17) is 4.74 Å². The number of hydrogen-bond donors (Lipinski definition) is 1. The van der Waals surface area contributed by atoms with Crippen LogP contribution in [0.25, 0.3) is 0 Å². The van der Waals surface area contributed by atoms with E-state index < -0.39 is 6.36 Å². The highest BCUT2D eigenvalue weighted by Crippen LogP contribution is 2.24. The number of nitrogens with one attached hydrogen (secondary N) is 1. The molecule has 1 aromatic carbocycles. The van der Waals surface area contributed by atoms with Gasteiger partial charge < -0.3 is 14.8 Å². The van der Waals surface area contributed by atoms with Gasteiger partial charge in [-0.1, -0.05) is 12.1 Å². The highest BCUT2D eigenvalue weighted by Gasteiger charge is 2.31. The summed E-state index contributed by atoms with van der Waals surface area (Å²) in [6.45, 7) is 2.37. The molecule has 2 heterocycles. The Morgan fingerprint density at radius 1 is 1.23 bits per heavy atom. The molecule has 1 saturated heterocycles. The highest BCUT2D eigenvalue weighted by atomic mass is 19.4. The molecule has 0 aliphatic carbocycles. The molecule has 26 heavy (non-hydrogen) atoms. The van der Waals surface area contributed by atoms with Crippen LogP contribution in [0.4, 0.5) is 19.0 Å². The molecule has 1 aromatic heterocycles. The van der Waals surface area contributed by atoms with Crippen molar-refractivity contribution in [1.82, 2.24) is 14.9 Å². The lowest BCUT2D eigenvalue weighted by Crippen LogP contribution is -2.26. The van der Waals surface area contributed by atoms with E-state index in [1.54, 1.807) is 25.3 Å². The molecule has 0 saturated carbocycles. The van der Waals surface area contributed by atoms with Gasteiger partial charge in [-0.25, -0.2) is 9.97 Å². The normalized spacial score (nSPS) is 17.9. The molecule has 9 heteroatoms. The molecule has 1 atom stereocenters. The topological polar surface area (TPSA) is 59.5 Å². The van der Waals surface area contributed by atoms with E-state index in [1.165, 1.54) is 18.5 Å². The van der Waals surface area contributed by atoms with E-state index in [2.05, 4.69) is 24.9 Å². The van der Waals surface area contributed by atoms with Crippen molar-refractivity contribution in [2.24, 2.45) is 0 Å². The first kappa shape index (κ1) is 18.2. The van der Waals surface area contributed by atoms with Crippen LogP contribution >= 0.6 is 0 Å². The Morgan fingerprint density at radius 3 is 2.69 bits per heavy atom. The fourth-order valence-corrected chi connectivity index (χ4v) is 2.89. The number of benzene rings is 1. The van der Waals surface area contributed by atoms with Gasteiger partial charge >= 0.3 is 6.36 Å². The molecule has 1 N–H and O–H groups in total. The smallest absolute Gasteiger partial charge is 0.481 e. The van der Waals surface area contributed by atoms with E-state index in [0.29, 0.717) is 18.2 Å². The zero-order chi connectivity index (χ0) is 18.6. The first-order valence-corrected chi connectivity index (χ1v) is 8.11. The number of methoxy groups -OCH3 is 1. The number of aromatic nitrogens is 2. The number of nitrogens with zero attached hydrogens (tertiary/aromatic N) is 3. The largest absolute Gasteiger partial charge is 0.573 e. The van der Waals surface area contributed by atoms with Gasteiger partial charge in [-0.05, 0) is 24.1 Å². The lowest BCUT2D eigenvalue weighted by atomic mass is 10.2. The quantitative estimate of drug-likeness (QED) is 0.846. The number of alkyl halides is 3. The Kier molecular flexibility index (Phi) is 5.46. The van der Waals surface area contributed by atoms with Gasteiger partial charge in [0, 0.05) is 31.7 Å². The SMILES string of the molecule is COc1cc(NC2CCN(Cc3ccc(OC(F)(F)F)cc3)C2)ncn1. The van der Waals surface area contributed by atoms with Gasteiger partial charge in [0.05, 0.1) is 7.11 Å². The summed E-state index contributed by atoms with van der Waals surface area (Å²) < 4.78 is 45.5. The van der Waals surface area contributed by atoms with E-state index >= 15 is 0 Å². The van der Waals surface area contributed by atoms with Crippen LogP contribution in [0.5, 0.6) is 11.6 Å². The highest BCUT2D eigenvalue weighted by molar-refractivity contribution is 5.38. The van der Waals surface area contributed by atoms with Gasteiger partial charge in [0.2, 0.25) is 5.88 Å². The Bertz CT molecular complexity index is 725. The standard InChI is InChI=1S/C17H19F3N4O2/c1-25-16-8-15(21-11-22-16)23-13-6-7-24(10-13)9-12-2-4-14(5-3-12)26-17(18,19)20/h2-5,8,11,13H,6-7,9-10H2,1H3,(H,21,22,23). The van der Waals surface area contributed by atoms with Crippen molar-refractivity contribution >= 4 is 5.82 Å². The van der Waals surface area contributed by atoms with Crippen molar-refractivity contribution in [3.63, 3.8) is 0 Å². The van der Waals surface area contributed by atoms with Gasteiger partial charge in [0.25, 0.3) is 0 Å². The van der Waals surface area contributed by atoms with Crippen molar-refractivity contribution in [2.45, 2.75) is 25.4 Å². The van der Waals surface area contributed by atoms with Crippen LogP contribution in [0.2, 0.25) is 0 Å². The summed E-state index contributed by atoms with van der Waals surface area (Å²) in [5.41, 5.74) is 0.934. The van der Waals surface area contributed by atoms with Crippen molar-refractivity contribution < 1.29 is 22.6 Å². The van der Waals surface area contributed by atoms with Gasteiger partial charge in [-0.15, -0.1) is 13.2 Å². The maximum Gasteiger partial charge on any atom is 0.573 e. The fourth-order valence-electron chi connectivity index (χ4n) is 2.89. The van der Waals surface area contributed by atoms with Crippen LogP contribution in [0.15, 0.2) is 36.7 Å². The van der Waals surface area contributed by atoms with Crippen molar-refractivity contribution in [1.29, 1.82) is 0 Å². The number of likely N-dealkylation sites (tertiary alicyclic amines) is 1. The zero-order valence-corrected chi connectivity index (χ0v) is 14.2. The minimum Gasteiger partial charge on any atom is -0.481 e. The zero-order valence-electron chi connectivity index (χ0n) is 14.2. The summed E-state index contributed by atoms with van der Waals surface area (Å²) in [5.74, 6) is 0.996. The van der Waals surface area contributed by atoms with Crippen LogP contribution in [0.3, 0.4) is 0 Å². The van der Waals surface area contributed by atoms with Gasteiger partial charge in [0.15, 0.2) is 0 Å². The molecule has 6 nitrogen and oxygen atoms in total. The first-order chi connectivity index (χ1) is 12.4. The lowest BCUT2D eigenvalue weighted by Gasteiger charge is -2.17. The summed E-state index contributed by atoms with van der Waals surface area (Å²) in [5, 5.41) is 3.35. The Hall–Kier alpha value is -2.55. The summed E-state index contributed by atoms with van der Waals surface area (Å²) in [7, 11) is 1.55. The van der Waals surface area contributed by atoms with E-state index in [1.807, 2.05) is 0 Å². The summed E-state index contributed by atoms with van der Waals surface area (Å²) in [4.78, 5) is 10.4. The minimum absolute atomic E-state index is 0.208. The molecule has 0 spiro atoms. The van der Waals surface area contributed by atoms with E-state index in [-0.39, 0.29) is 11.8 Å². The predicted molar refractivity (Wildman–Crippen MR) is 89.0 cm³/mol. The molecular formula is C17H19F3N4O2. The molecule has 0 radical (unpaired) electrons. The van der Waals surface area contributed by atoms with Crippen LogP contribution in [-0.2, 0) is 6.54 Å². The van der Waals surface area contributed by atoms with Crippen molar-refractivity contribution in [3.8, 4) is 11.6 Å². The van der Waals surface area contributed by atoms with Crippen LogP contribution in [0.1, 0.15) is 12.0 Å². The minimum atomic E-state index is -4.67. The van der Waals surface area contributed by atoms with Gasteiger partial charge in [-0.3, -0.25) is 4.90 Å². The molecule has 0 bridgehead atoms. The molecule has 1 aliphatic heterocycles. The Morgan fingerprint density at radius 2 is 2.00 bits per heavy atom. The molecule has 1 fully saturated rings. The lowest BCUT2D eigenvalue weighted by molar-refractivity contribution is -0.274. The second-order valence-corrected chi connectivity index (χ2v) is 6.00. The Balaban J connectivity index is 1.51. The number of hydrogen-bond acceptors (Lipinski definition) is 6. The number of rotatable bonds is 6. The molecular weight excluding hydrogens is 349 g/mol. The number of halogens is 3. The van der Waals surface area contributed by atoms with Crippen LogP contribution in [-0.4, -0.2) is 47.5 Å². The average molecular weight is 368 g/mol. The number of ether oxygens (including phenoxy) is 2. The second-order valence-electron chi connectivity index (χ2n) is 6.00.